The summed E-state index contributed by atoms with van der Waals surface area (Å²) in [5.74, 6) is 0. The maximum Gasteiger partial charge on any atom is 0.270 e. The predicted molar refractivity (Wildman–Crippen MR) is 90.1 cm³/mol. The number of rotatable bonds is 3. The molecule has 7 heteroatoms. The van der Waals surface area contributed by atoms with Gasteiger partial charge in [0.25, 0.3) is 5.69 Å². The summed E-state index contributed by atoms with van der Waals surface area (Å²) in [5, 5.41) is 20.6. The Morgan fingerprint density at radius 2 is 2.17 bits per heavy atom. The molecular weight excluding hydrogens is 312 g/mol. The van der Waals surface area contributed by atoms with Crippen LogP contribution in [0.4, 0.5) is 5.69 Å². The van der Waals surface area contributed by atoms with Crippen molar-refractivity contribution in [3.05, 3.63) is 56.3 Å². The molecule has 0 aliphatic carbocycles. The van der Waals surface area contributed by atoms with E-state index in [4.69, 9.17) is 5.26 Å². The fourth-order valence-electron chi connectivity index (χ4n) is 2.28. The summed E-state index contributed by atoms with van der Waals surface area (Å²) in [4.78, 5) is 14.8. The Labute approximate surface area is 136 Å². The maximum absolute atomic E-state index is 10.8. The lowest BCUT2D eigenvalue weighted by Crippen LogP contribution is -1.93. The van der Waals surface area contributed by atoms with Crippen molar-refractivity contribution >= 4 is 39.4 Å². The van der Waals surface area contributed by atoms with E-state index in [0.29, 0.717) is 5.69 Å². The van der Waals surface area contributed by atoms with Crippen LogP contribution in [0.5, 0.6) is 0 Å². The van der Waals surface area contributed by atoms with Crippen LogP contribution in [0.3, 0.4) is 0 Å². The summed E-state index contributed by atoms with van der Waals surface area (Å²) in [6.45, 7) is 1.95. The second kappa shape index (κ2) is 5.66. The second-order valence-corrected chi connectivity index (χ2v) is 6.10. The lowest BCUT2D eigenvalue weighted by Gasteiger charge is -1.97. The Morgan fingerprint density at radius 1 is 1.39 bits per heavy atom. The largest absolute Gasteiger partial charge is 0.339 e. The first-order valence-corrected chi connectivity index (χ1v) is 7.60. The SMILES string of the molecule is Cc1c(/C=C/c2nc3ccc([N+](=O)[O-])cc3s2)cc(C#N)n1C. The summed E-state index contributed by atoms with van der Waals surface area (Å²) >= 11 is 1.40. The van der Waals surface area contributed by atoms with Gasteiger partial charge in [0.2, 0.25) is 0 Å². The van der Waals surface area contributed by atoms with E-state index in [1.807, 2.05) is 36.8 Å². The highest BCUT2D eigenvalue weighted by atomic mass is 32.1. The fraction of sp³-hybridized carbons (Fsp3) is 0.125. The molecule has 0 aliphatic heterocycles. The highest BCUT2D eigenvalue weighted by Gasteiger charge is 2.10. The number of hydrogen-bond acceptors (Lipinski definition) is 5. The quantitative estimate of drug-likeness (QED) is 0.540. The van der Waals surface area contributed by atoms with Crippen LogP contribution in [-0.4, -0.2) is 14.5 Å². The Hall–Kier alpha value is -2.98. The molecule has 0 bridgehead atoms. The average Bonchev–Trinajstić information content (AvgIpc) is 3.06. The molecule has 6 nitrogen and oxygen atoms in total. The number of non-ortho nitro benzene ring substituents is 1. The van der Waals surface area contributed by atoms with E-state index in [1.54, 1.807) is 6.07 Å². The third kappa shape index (κ3) is 2.72. The summed E-state index contributed by atoms with van der Waals surface area (Å²) in [5.41, 5.74) is 3.35. The molecule has 3 aromatic rings. The van der Waals surface area contributed by atoms with Gasteiger partial charge in [0.05, 0.1) is 15.1 Å². The number of nitro groups is 1. The zero-order valence-electron chi connectivity index (χ0n) is 12.5. The zero-order valence-corrected chi connectivity index (χ0v) is 13.3. The van der Waals surface area contributed by atoms with Crippen LogP contribution in [0.1, 0.15) is 22.0 Å². The minimum atomic E-state index is -0.411. The molecule has 0 radical (unpaired) electrons. The first-order chi connectivity index (χ1) is 11.0. The molecule has 0 atom stereocenters. The van der Waals surface area contributed by atoms with Gasteiger partial charge < -0.3 is 4.57 Å². The number of nitriles is 1. The van der Waals surface area contributed by atoms with Gasteiger partial charge in [-0.15, -0.1) is 11.3 Å². The van der Waals surface area contributed by atoms with Crippen molar-refractivity contribution < 1.29 is 4.92 Å². The molecule has 2 heterocycles. The third-order valence-corrected chi connectivity index (χ3v) is 4.68. The molecule has 0 saturated heterocycles. The number of fused-ring (bicyclic) bond motifs is 1. The number of aromatic nitrogens is 2. The van der Waals surface area contributed by atoms with Gasteiger partial charge in [-0.3, -0.25) is 10.1 Å². The van der Waals surface area contributed by atoms with Crippen molar-refractivity contribution in [1.82, 2.24) is 9.55 Å². The standard InChI is InChI=1S/C16H12N4O2S/c1-10-11(7-13(9-17)19(10)2)3-6-16-18-14-5-4-12(20(21)22)8-15(14)23-16/h3-8H,1-2H3/b6-3+. The summed E-state index contributed by atoms with van der Waals surface area (Å²) in [7, 11) is 1.85. The molecule has 0 saturated carbocycles. The number of nitrogens with zero attached hydrogens (tertiary/aromatic N) is 4. The van der Waals surface area contributed by atoms with Gasteiger partial charge in [0.15, 0.2) is 0 Å². The van der Waals surface area contributed by atoms with Crippen LogP contribution < -0.4 is 0 Å². The normalized spacial score (nSPS) is 11.2. The van der Waals surface area contributed by atoms with Crippen molar-refractivity contribution in [3.63, 3.8) is 0 Å². The van der Waals surface area contributed by atoms with Crippen molar-refractivity contribution in [2.24, 2.45) is 7.05 Å². The molecule has 0 unspecified atom stereocenters. The van der Waals surface area contributed by atoms with Crippen LogP contribution in [0, 0.1) is 28.4 Å². The molecule has 0 spiro atoms. The van der Waals surface area contributed by atoms with E-state index in [9.17, 15) is 10.1 Å². The second-order valence-electron chi connectivity index (χ2n) is 5.04. The zero-order chi connectivity index (χ0) is 16.6. The Bertz CT molecular complexity index is 992. The lowest BCUT2D eigenvalue weighted by molar-refractivity contribution is -0.384. The molecular formula is C16H12N4O2S. The van der Waals surface area contributed by atoms with Gasteiger partial charge in [-0.25, -0.2) is 4.98 Å². The van der Waals surface area contributed by atoms with Crippen LogP contribution in [0.15, 0.2) is 24.3 Å². The number of thiazole rings is 1. The minimum Gasteiger partial charge on any atom is -0.339 e. The van der Waals surface area contributed by atoms with Gasteiger partial charge in [-0.2, -0.15) is 5.26 Å². The van der Waals surface area contributed by atoms with Crippen molar-refractivity contribution in [1.29, 1.82) is 5.26 Å². The average molecular weight is 324 g/mol. The van der Waals surface area contributed by atoms with E-state index in [0.717, 1.165) is 26.5 Å². The minimum absolute atomic E-state index is 0.0641. The summed E-state index contributed by atoms with van der Waals surface area (Å²) in [6, 6.07) is 8.61. The number of nitro benzene ring substituents is 1. The number of hydrogen-bond donors (Lipinski definition) is 0. The van der Waals surface area contributed by atoms with E-state index in [2.05, 4.69) is 11.1 Å². The van der Waals surface area contributed by atoms with E-state index >= 15 is 0 Å². The molecule has 0 fully saturated rings. The molecule has 3 rings (SSSR count). The van der Waals surface area contributed by atoms with Crippen molar-refractivity contribution in [2.75, 3.05) is 0 Å². The molecule has 0 N–H and O–H groups in total. The van der Waals surface area contributed by atoms with Gasteiger partial charge >= 0.3 is 0 Å². The lowest BCUT2D eigenvalue weighted by atomic mass is 10.2. The smallest absolute Gasteiger partial charge is 0.270 e. The molecule has 0 amide bonds. The van der Waals surface area contributed by atoms with Crippen LogP contribution in [0.25, 0.3) is 22.4 Å². The van der Waals surface area contributed by atoms with Crippen LogP contribution >= 0.6 is 11.3 Å². The van der Waals surface area contributed by atoms with Gasteiger partial charge in [-0.1, -0.05) is 6.08 Å². The van der Waals surface area contributed by atoms with Crippen LogP contribution in [-0.2, 0) is 7.05 Å². The first kappa shape index (κ1) is 14.9. The van der Waals surface area contributed by atoms with Gasteiger partial charge in [-0.05, 0) is 30.7 Å². The van der Waals surface area contributed by atoms with Gasteiger partial charge in [0.1, 0.15) is 16.8 Å². The molecule has 0 aliphatic rings. The Kier molecular flexibility index (Phi) is 3.68. The molecule has 23 heavy (non-hydrogen) atoms. The predicted octanol–water partition coefficient (Wildman–Crippen LogP) is 3.89. The fourth-order valence-corrected chi connectivity index (χ4v) is 3.18. The highest BCUT2D eigenvalue weighted by molar-refractivity contribution is 7.19. The molecule has 1 aromatic carbocycles. The molecule has 114 valence electrons. The summed E-state index contributed by atoms with van der Waals surface area (Å²) in [6.07, 6.45) is 3.77. The summed E-state index contributed by atoms with van der Waals surface area (Å²) < 4.78 is 2.61. The molecule has 2 aromatic heterocycles. The third-order valence-electron chi connectivity index (χ3n) is 3.69. The van der Waals surface area contributed by atoms with Crippen molar-refractivity contribution in [2.45, 2.75) is 6.92 Å². The van der Waals surface area contributed by atoms with E-state index in [-0.39, 0.29) is 5.69 Å². The topological polar surface area (TPSA) is 84.8 Å². The van der Waals surface area contributed by atoms with Crippen molar-refractivity contribution in [3.8, 4) is 6.07 Å². The maximum atomic E-state index is 10.8. The number of benzene rings is 1. The Morgan fingerprint density at radius 3 is 2.83 bits per heavy atom. The Balaban J connectivity index is 1.95. The highest BCUT2D eigenvalue weighted by Crippen LogP contribution is 2.27. The van der Waals surface area contributed by atoms with Gasteiger partial charge in [0, 0.05) is 24.9 Å². The monoisotopic (exact) mass is 324 g/mol. The first-order valence-electron chi connectivity index (χ1n) is 6.79. The van der Waals surface area contributed by atoms with E-state index in [1.165, 1.54) is 23.5 Å². The van der Waals surface area contributed by atoms with E-state index < -0.39 is 4.92 Å². The van der Waals surface area contributed by atoms with Crippen LogP contribution in [0.2, 0.25) is 0 Å².